The van der Waals surface area contributed by atoms with E-state index in [9.17, 15) is 8.42 Å². The van der Waals surface area contributed by atoms with Gasteiger partial charge in [-0.25, -0.2) is 13.4 Å². The molecule has 4 nitrogen and oxygen atoms in total. The average molecular weight is 315 g/mol. The first-order valence-corrected chi connectivity index (χ1v) is 8.67. The van der Waals surface area contributed by atoms with Crippen molar-refractivity contribution in [3.8, 4) is 0 Å². The highest BCUT2D eigenvalue weighted by molar-refractivity contribution is 8.14. The van der Waals surface area contributed by atoms with E-state index in [0.29, 0.717) is 11.0 Å². The van der Waals surface area contributed by atoms with Gasteiger partial charge in [0, 0.05) is 23.1 Å². The van der Waals surface area contributed by atoms with E-state index in [0.717, 1.165) is 17.0 Å². The molecule has 0 amide bonds. The summed E-state index contributed by atoms with van der Waals surface area (Å²) in [5, 5.41) is 0. The highest BCUT2D eigenvalue weighted by Gasteiger charge is 2.26. The molecule has 0 fully saturated rings. The number of nitrogens with zero attached hydrogens (tertiary/aromatic N) is 2. The lowest BCUT2D eigenvalue weighted by Gasteiger charge is -2.17. The van der Waals surface area contributed by atoms with Gasteiger partial charge in [0.25, 0.3) is 9.05 Å². The Balaban J connectivity index is 3.06. The first kappa shape index (κ1) is 15.3. The number of imidazole rings is 1. The quantitative estimate of drug-likeness (QED) is 0.758. The fraction of sp³-hybridized carbons (Fsp3) is 0.500. The fourth-order valence-electron chi connectivity index (χ4n) is 2.46. The highest BCUT2D eigenvalue weighted by atomic mass is 35.7. The number of hydrogen-bond acceptors (Lipinski definition) is 3. The van der Waals surface area contributed by atoms with Gasteiger partial charge < -0.3 is 4.57 Å². The van der Waals surface area contributed by atoms with Crippen LogP contribution in [0, 0.1) is 13.8 Å². The van der Waals surface area contributed by atoms with Crippen LogP contribution in [0.2, 0.25) is 0 Å². The molecule has 0 saturated heterocycles. The SMILES string of the molecule is Cc1cc(S(=O)(=O)Cl)c2c(nc(C(C)(C)C)n2C)c1C. The number of aryl methyl sites for hydroxylation is 3. The third kappa shape index (κ3) is 2.33. The topological polar surface area (TPSA) is 52.0 Å². The molecule has 0 N–H and O–H groups in total. The fourth-order valence-corrected chi connectivity index (χ4v) is 3.59. The van der Waals surface area contributed by atoms with Crippen LogP contribution < -0.4 is 0 Å². The number of benzene rings is 1. The maximum absolute atomic E-state index is 11.8. The molecule has 0 unspecified atom stereocenters. The van der Waals surface area contributed by atoms with Crippen molar-refractivity contribution in [1.29, 1.82) is 0 Å². The molecule has 2 aromatic rings. The van der Waals surface area contributed by atoms with Crippen molar-refractivity contribution in [2.75, 3.05) is 0 Å². The van der Waals surface area contributed by atoms with Gasteiger partial charge in [0.2, 0.25) is 0 Å². The van der Waals surface area contributed by atoms with Crippen LogP contribution in [0.1, 0.15) is 37.7 Å². The second-order valence-electron chi connectivity index (χ2n) is 6.20. The van der Waals surface area contributed by atoms with E-state index in [-0.39, 0.29) is 10.3 Å². The van der Waals surface area contributed by atoms with Crippen molar-refractivity contribution in [3.05, 3.63) is 23.0 Å². The van der Waals surface area contributed by atoms with Crippen LogP contribution >= 0.6 is 10.7 Å². The summed E-state index contributed by atoms with van der Waals surface area (Å²) < 4.78 is 25.5. The average Bonchev–Trinajstić information content (AvgIpc) is 2.60. The monoisotopic (exact) mass is 314 g/mol. The van der Waals surface area contributed by atoms with Crippen LogP contribution in [0.5, 0.6) is 0 Å². The summed E-state index contributed by atoms with van der Waals surface area (Å²) in [5.74, 6) is 0.836. The van der Waals surface area contributed by atoms with Crippen molar-refractivity contribution < 1.29 is 8.42 Å². The summed E-state index contributed by atoms with van der Waals surface area (Å²) in [4.78, 5) is 4.79. The van der Waals surface area contributed by atoms with Gasteiger partial charge in [-0.3, -0.25) is 0 Å². The standard InChI is InChI=1S/C14H19ClN2O2S/c1-8-7-10(20(15,18)19)12-11(9(8)2)16-13(17(12)6)14(3,4)5/h7H,1-6H3. The number of halogens is 1. The first-order chi connectivity index (χ1) is 8.94. The Hall–Kier alpha value is -1.07. The van der Waals surface area contributed by atoms with Crippen molar-refractivity contribution in [3.63, 3.8) is 0 Å². The largest absolute Gasteiger partial charge is 0.330 e. The Bertz CT molecular complexity index is 799. The maximum atomic E-state index is 11.8. The van der Waals surface area contributed by atoms with Gasteiger partial charge in [0.15, 0.2) is 0 Å². The molecule has 0 aliphatic rings. The lowest BCUT2D eigenvalue weighted by Crippen LogP contribution is -2.17. The van der Waals surface area contributed by atoms with E-state index in [1.165, 1.54) is 0 Å². The molecule has 0 radical (unpaired) electrons. The van der Waals surface area contributed by atoms with E-state index in [1.54, 1.807) is 6.07 Å². The second kappa shape index (κ2) is 4.46. The van der Waals surface area contributed by atoms with Gasteiger partial charge >= 0.3 is 0 Å². The molecule has 0 aliphatic heterocycles. The van der Waals surface area contributed by atoms with E-state index in [4.69, 9.17) is 10.7 Å². The number of fused-ring (bicyclic) bond motifs is 1. The predicted molar refractivity (Wildman–Crippen MR) is 81.9 cm³/mol. The summed E-state index contributed by atoms with van der Waals surface area (Å²) in [7, 11) is 3.61. The zero-order chi connectivity index (χ0) is 15.5. The smallest absolute Gasteiger partial charge is 0.263 e. The second-order valence-corrected chi connectivity index (χ2v) is 8.73. The van der Waals surface area contributed by atoms with Gasteiger partial charge in [0.05, 0.1) is 11.0 Å². The lowest BCUT2D eigenvalue weighted by molar-refractivity contribution is 0.526. The lowest BCUT2D eigenvalue weighted by atomic mass is 9.96. The predicted octanol–water partition coefficient (Wildman–Crippen LogP) is 3.42. The van der Waals surface area contributed by atoms with Crippen LogP contribution in [0.25, 0.3) is 11.0 Å². The van der Waals surface area contributed by atoms with Crippen molar-refractivity contribution in [2.45, 2.75) is 44.9 Å². The van der Waals surface area contributed by atoms with Crippen LogP contribution in [0.15, 0.2) is 11.0 Å². The molecule has 1 aromatic carbocycles. The highest BCUT2D eigenvalue weighted by Crippen LogP contribution is 2.33. The Morgan fingerprint density at radius 2 is 1.80 bits per heavy atom. The summed E-state index contributed by atoms with van der Waals surface area (Å²) in [6.07, 6.45) is 0. The molecule has 2 rings (SSSR count). The molecule has 1 aromatic heterocycles. The van der Waals surface area contributed by atoms with Gasteiger partial charge in [-0.1, -0.05) is 20.8 Å². The summed E-state index contributed by atoms with van der Waals surface area (Å²) in [6, 6.07) is 1.62. The molecule has 110 valence electrons. The normalized spacial score (nSPS) is 13.2. The van der Waals surface area contributed by atoms with E-state index in [1.807, 2.05) is 46.2 Å². The minimum atomic E-state index is -3.81. The number of hydrogen-bond donors (Lipinski definition) is 0. The van der Waals surface area contributed by atoms with E-state index < -0.39 is 9.05 Å². The zero-order valence-electron chi connectivity index (χ0n) is 12.6. The maximum Gasteiger partial charge on any atom is 0.263 e. The molecule has 0 saturated carbocycles. The zero-order valence-corrected chi connectivity index (χ0v) is 14.1. The van der Waals surface area contributed by atoms with Gasteiger partial charge in [-0.2, -0.15) is 0 Å². The molecule has 0 bridgehead atoms. The molecule has 0 spiro atoms. The molecule has 0 aliphatic carbocycles. The third-order valence-corrected chi connectivity index (χ3v) is 4.89. The molecule has 0 atom stereocenters. The van der Waals surface area contributed by atoms with Crippen LogP contribution in [-0.2, 0) is 21.5 Å². The molecule has 1 heterocycles. The van der Waals surface area contributed by atoms with Gasteiger partial charge in [-0.05, 0) is 31.0 Å². The van der Waals surface area contributed by atoms with Crippen molar-refractivity contribution in [1.82, 2.24) is 9.55 Å². The third-order valence-electron chi connectivity index (χ3n) is 3.56. The van der Waals surface area contributed by atoms with E-state index in [2.05, 4.69) is 4.98 Å². The summed E-state index contributed by atoms with van der Waals surface area (Å²) >= 11 is 0. The van der Waals surface area contributed by atoms with Crippen molar-refractivity contribution in [2.24, 2.45) is 7.05 Å². The Morgan fingerprint density at radius 3 is 2.25 bits per heavy atom. The number of aromatic nitrogens is 2. The Morgan fingerprint density at radius 1 is 1.25 bits per heavy atom. The van der Waals surface area contributed by atoms with Gasteiger partial charge in [-0.15, -0.1) is 0 Å². The van der Waals surface area contributed by atoms with Gasteiger partial charge in [0.1, 0.15) is 10.7 Å². The minimum absolute atomic E-state index is 0.128. The minimum Gasteiger partial charge on any atom is -0.330 e. The summed E-state index contributed by atoms with van der Waals surface area (Å²) in [5.41, 5.74) is 2.96. The van der Waals surface area contributed by atoms with Crippen LogP contribution in [0.4, 0.5) is 0 Å². The number of rotatable bonds is 1. The first-order valence-electron chi connectivity index (χ1n) is 6.36. The Kier molecular flexibility index (Phi) is 3.42. The van der Waals surface area contributed by atoms with E-state index >= 15 is 0 Å². The molecular formula is C14H19ClN2O2S. The van der Waals surface area contributed by atoms with Crippen LogP contribution in [-0.4, -0.2) is 18.0 Å². The molecule has 20 heavy (non-hydrogen) atoms. The molecule has 6 heteroatoms. The molecular weight excluding hydrogens is 296 g/mol. The van der Waals surface area contributed by atoms with Crippen LogP contribution in [0.3, 0.4) is 0 Å². The summed E-state index contributed by atoms with van der Waals surface area (Å²) in [6.45, 7) is 9.95. The van der Waals surface area contributed by atoms with Crippen molar-refractivity contribution >= 4 is 30.8 Å². The Labute approximate surface area is 124 Å².